The van der Waals surface area contributed by atoms with E-state index in [9.17, 15) is 0 Å². The molecule has 2 heterocycles. The average Bonchev–Trinajstić information content (AvgIpc) is 2.67. The molecule has 0 spiro atoms. The molecule has 0 radical (unpaired) electrons. The van der Waals surface area contributed by atoms with Crippen molar-refractivity contribution in [1.29, 1.82) is 0 Å². The molecule has 84 valence electrons. The zero-order valence-corrected chi connectivity index (χ0v) is 9.73. The van der Waals surface area contributed by atoms with E-state index in [1.807, 2.05) is 24.3 Å². The molecule has 0 fully saturated rings. The van der Waals surface area contributed by atoms with Crippen molar-refractivity contribution < 1.29 is 9.15 Å². The van der Waals surface area contributed by atoms with Gasteiger partial charge in [-0.1, -0.05) is 20.8 Å². The molecule has 16 heavy (non-hydrogen) atoms. The van der Waals surface area contributed by atoms with Crippen LogP contribution in [0.15, 0.2) is 41.1 Å². The number of hydrogen-bond donors (Lipinski definition) is 0. The van der Waals surface area contributed by atoms with Crippen molar-refractivity contribution >= 4 is 0 Å². The van der Waals surface area contributed by atoms with Crippen LogP contribution in [0, 0.1) is 0 Å². The number of furan rings is 1. The van der Waals surface area contributed by atoms with Crippen LogP contribution in [0.2, 0.25) is 0 Å². The summed E-state index contributed by atoms with van der Waals surface area (Å²) in [6.07, 6.45) is 3.36. The minimum atomic E-state index is -0.00342. The van der Waals surface area contributed by atoms with E-state index in [0.717, 1.165) is 5.76 Å². The Bertz CT molecular complexity index is 454. The van der Waals surface area contributed by atoms with E-state index in [4.69, 9.17) is 9.15 Å². The van der Waals surface area contributed by atoms with Gasteiger partial charge in [-0.15, -0.1) is 0 Å². The van der Waals surface area contributed by atoms with E-state index in [1.165, 1.54) is 0 Å². The molecule has 2 aromatic heterocycles. The molecule has 0 saturated heterocycles. The Hall–Kier alpha value is -1.77. The highest BCUT2D eigenvalue weighted by molar-refractivity contribution is 5.24. The highest BCUT2D eigenvalue weighted by atomic mass is 16.6. The number of nitrogens with zero attached hydrogens (tertiary/aromatic N) is 1. The van der Waals surface area contributed by atoms with Gasteiger partial charge in [0.1, 0.15) is 11.5 Å². The van der Waals surface area contributed by atoms with E-state index < -0.39 is 0 Å². The molecule has 0 aliphatic carbocycles. The SMILES string of the molecule is CC(C)(C)c1ccc(Oc2cccnc2)o1. The summed E-state index contributed by atoms with van der Waals surface area (Å²) in [6.45, 7) is 6.29. The Labute approximate surface area is 95.1 Å². The standard InChI is InChI=1S/C13H15NO2/c1-13(2,3)11-6-7-12(16-11)15-10-5-4-8-14-9-10/h4-9H,1-3H3. The Kier molecular flexibility index (Phi) is 2.69. The summed E-state index contributed by atoms with van der Waals surface area (Å²) in [5, 5.41) is 0. The molecule has 3 heteroatoms. The summed E-state index contributed by atoms with van der Waals surface area (Å²) in [4.78, 5) is 3.97. The third kappa shape index (κ3) is 2.42. The van der Waals surface area contributed by atoms with Crippen molar-refractivity contribution in [3.05, 3.63) is 42.4 Å². The minimum absolute atomic E-state index is 0.00342. The van der Waals surface area contributed by atoms with Gasteiger partial charge in [0.2, 0.25) is 0 Å². The first-order chi connectivity index (χ1) is 7.55. The lowest BCUT2D eigenvalue weighted by Crippen LogP contribution is -2.08. The van der Waals surface area contributed by atoms with Crippen LogP contribution in [0.3, 0.4) is 0 Å². The molecule has 0 aliphatic rings. The van der Waals surface area contributed by atoms with Gasteiger partial charge in [-0.05, 0) is 18.2 Å². The van der Waals surface area contributed by atoms with Gasteiger partial charge in [0.25, 0.3) is 5.95 Å². The first-order valence-electron chi connectivity index (χ1n) is 5.24. The Morgan fingerprint density at radius 2 is 2.00 bits per heavy atom. The molecule has 2 aromatic rings. The molecular weight excluding hydrogens is 202 g/mol. The van der Waals surface area contributed by atoms with E-state index >= 15 is 0 Å². The lowest BCUT2D eigenvalue weighted by atomic mass is 9.94. The van der Waals surface area contributed by atoms with Gasteiger partial charge in [-0.25, -0.2) is 0 Å². The van der Waals surface area contributed by atoms with E-state index in [0.29, 0.717) is 11.7 Å². The molecule has 0 aliphatic heterocycles. The fourth-order valence-corrected chi connectivity index (χ4v) is 1.30. The van der Waals surface area contributed by atoms with Gasteiger partial charge in [0.15, 0.2) is 0 Å². The van der Waals surface area contributed by atoms with E-state index in [1.54, 1.807) is 12.4 Å². The maximum Gasteiger partial charge on any atom is 0.290 e. The zero-order chi connectivity index (χ0) is 11.6. The predicted molar refractivity (Wildman–Crippen MR) is 61.7 cm³/mol. The summed E-state index contributed by atoms with van der Waals surface area (Å²) in [5.74, 6) is 2.08. The summed E-state index contributed by atoms with van der Waals surface area (Å²) >= 11 is 0. The van der Waals surface area contributed by atoms with Crippen LogP contribution in [0.4, 0.5) is 0 Å². The number of ether oxygens (including phenoxy) is 1. The van der Waals surface area contributed by atoms with E-state index in [-0.39, 0.29) is 5.41 Å². The molecule has 0 bridgehead atoms. The quantitative estimate of drug-likeness (QED) is 0.768. The monoisotopic (exact) mass is 217 g/mol. The zero-order valence-electron chi connectivity index (χ0n) is 9.73. The van der Waals surface area contributed by atoms with Crippen LogP contribution in [-0.2, 0) is 5.41 Å². The van der Waals surface area contributed by atoms with Gasteiger partial charge in [-0.2, -0.15) is 0 Å². The van der Waals surface area contributed by atoms with E-state index in [2.05, 4.69) is 25.8 Å². The fourth-order valence-electron chi connectivity index (χ4n) is 1.30. The molecule has 0 unspecified atom stereocenters. The van der Waals surface area contributed by atoms with Crippen LogP contribution in [0.1, 0.15) is 26.5 Å². The van der Waals surface area contributed by atoms with Crippen LogP contribution in [0.5, 0.6) is 11.7 Å². The molecule has 0 atom stereocenters. The van der Waals surface area contributed by atoms with Crippen molar-refractivity contribution in [2.75, 3.05) is 0 Å². The van der Waals surface area contributed by atoms with Gasteiger partial charge in [0, 0.05) is 17.7 Å². The molecular formula is C13H15NO2. The third-order valence-electron chi connectivity index (χ3n) is 2.17. The largest absolute Gasteiger partial charge is 0.430 e. The lowest BCUT2D eigenvalue weighted by molar-refractivity contribution is 0.306. The highest BCUT2D eigenvalue weighted by Gasteiger charge is 2.18. The average molecular weight is 217 g/mol. The van der Waals surface area contributed by atoms with Crippen molar-refractivity contribution in [2.45, 2.75) is 26.2 Å². The second kappa shape index (κ2) is 4.00. The van der Waals surface area contributed by atoms with Gasteiger partial charge in [0.05, 0.1) is 6.20 Å². The first kappa shape index (κ1) is 10.7. The summed E-state index contributed by atoms with van der Waals surface area (Å²) in [5.41, 5.74) is -0.00342. The first-order valence-corrected chi connectivity index (χ1v) is 5.24. The van der Waals surface area contributed by atoms with Crippen molar-refractivity contribution in [3.63, 3.8) is 0 Å². The van der Waals surface area contributed by atoms with Crippen molar-refractivity contribution in [2.24, 2.45) is 0 Å². The third-order valence-corrected chi connectivity index (χ3v) is 2.17. The number of hydrogen-bond acceptors (Lipinski definition) is 3. The number of rotatable bonds is 2. The van der Waals surface area contributed by atoms with Gasteiger partial charge < -0.3 is 9.15 Å². The predicted octanol–water partition coefficient (Wildman–Crippen LogP) is 3.76. The summed E-state index contributed by atoms with van der Waals surface area (Å²) in [7, 11) is 0. The summed E-state index contributed by atoms with van der Waals surface area (Å²) < 4.78 is 11.1. The maximum absolute atomic E-state index is 5.60. The van der Waals surface area contributed by atoms with Crippen LogP contribution < -0.4 is 4.74 Å². The Balaban J connectivity index is 2.15. The minimum Gasteiger partial charge on any atom is -0.430 e. The topological polar surface area (TPSA) is 35.3 Å². The van der Waals surface area contributed by atoms with Crippen molar-refractivity contribution in [3.8, 4) is 11.7 Å². The Morgan fingerprint density at radius 1 is 1.19 bits per heavy atom. The summed E-state index contributed by atoms with van der Waals surface area (Å²) in [6, 6.07) is 7.43. The molecule has 0 N–H and O–H groups in total. The van der Waals surface area contributed by atoms with Crippen LogP contribution >= 0.6 is 0 Å². The lowest BCUT2D eigenvalue weighted by Gasteiger charge is -2.13. The highest BCUT2D eigenvalue weighted by Crippen LogP contribution is 2.29. The molecule has 0 aromatic carbocycles. The number of pyridine rings is 1. The maximum atomic E-state index is 5.60. The second-order valence-corrected chi connectivity index (χ2v) is 4.66. The fraction of sp³-hybridized carbons (Fsp3) is 0.308. The Morgan fingerprint density at radius 3 is 2.56 bits per heavy atom. The van der Waals surface area contributed by atoms with Crippen LogP contribution in [0.25, 0.3) is 0 Å². The van der Waals surface area contributed by atoms with Gasteiger partial charge in [-0.3, -0.25) is 4.98 Å². The molecule has 2 rings (SSSR count). The molecule has 0 amide bonds. The van der Waals surface area contributed by atoms with Crippen molar-refractivity contribution in [1.82, 2.24) is 4.98 Å². The molecule has 0 saturated carbocycles. The molecule has 3 nitrogen and oxygen atoms in total. The van der Waals surface area contributed by atoms with Gasteiger partial charge >= 0.3 is 0 Å². The smallest absolute Gasteiger partial charge is 0.290 e. The van der Waals surface area contributed by atoms with Crippen LogP contribution in [-0.4, -0.2) is 4.98 Å². The normalized spacial score (nSPS) is 11.4. The second-order valence-electron chi connectivity index (χ2n) is 4.66. The number of aromatic nitrogens is 1.